The lowest BCUT2D eigenvalue weighted by Crippen LogP contribution is -2.42. The lowest BCUT2D eigenvalue weighted by Gasteiger charge is -2.35. The Kier molecular flexibility index (Phi) is 6.31. The SMILES string of the molecule is CC(C)N(CCC1C(=O)NC(c2cc(N)ccc2Cl)c2ccccc21)C(C)C. The molecule has 2 unspecified atom stereocenters. The Bertz CT molecular complexity index is 841. The fourth-order valence-corrected chi connectivity index (χ4v) is 4.49. The van der Waals surface area contributed by atoms with Gasteiger partial charge in [-0.05, 0) is 75.5 Å². The quantitative estimate of drug-likeness (QED) is 0.690. The first-order valence-corrected chi connectivity index (χ1v) is 10.4. The summed E-state index contributed by atoms with van der Waals surface area (Å²) in [6.07, 6.45) is 0.788. The second-order valence-electron chi connectivity index (χ2n) is 8.12. The van der Waals surface area contributed by atoms with Gasteiger partial charge in [-0.2, -0.15) is 0 Å². The molecule has 1 aliphatic heterocycles. The van der Waals surface area contributed by atoms with Gasteiger partial charge in [0.15, 0.2) is 0 Å². The van der Waals surface area contributed by atoms with E-state index in [0.29, 0.717) is 22.8 Å². The van der Waals surface area contributed by atoms with Crippen molar-refractivity contribution in [3.8, 4) is 0 Å². The number of carbonyl (C=O) groups is 1. The molecule has 3 rings (SSSR count). The number of nitrogens with zero attached hydrogens (tertiary/aromatic N) is 1. The summed E-state index contributed by atoms with van der Waals surface area (Å²) < 4.78 is 0. The molecule has 2 aromatic rings. The molecular formula is C23H30ClN3O. The predicted octanol–water partition coefficient (Wildman–Crippen LogP) is 4.73. The second-order valence-corrected chi connectivity index (χ2v) is 8.53. The fraction of sp³-hybridized carbons (Fsp3) is 0.435. The molecule has 0 radical (unpaired) electrons. The summed E-state index contributed by atoms with van der Waals surface area (Å²) in [7, 11) is 0. The van der Waals surface area contributed by atoms with E-state index in [1.54, 1.807) is 12.1 Å². The van der Waals surface area contributed by atoms with E-state index in [2.05, 4.69) is 50.0 Å². The van der Waals surface area contributed by atoms with Gasteiger partial charge in [-0.15, -0.1) is 0 Å². The molecule has 1 aliphatic rings. The number of hydrogen-bond donors (Lipinski definition) is 2. The zero-order chi connectivity index (χ0) is 20.4. The molecule has 2 atom stereocenters. The smallest absolute Gasteiger partial charge is 0.228 e. The van der Waals surface area contributed by atoms with Crippen molar-refractivity contribution in [2.24, 2.45) is 0 Å². The van der Waals surface area contributed by atoms with Crippen molar-refractivity contribution in [2.45, 2.75) is 58.2 Å². The van der Waals surface area contributed by atoms with Crippen molar-refractivity contribution < 1.29 is 4.79 Å². The van der Waals surface area contributed by atoms with E-state index in [9.17, 15) is 4.79 Å². The van der Waals surface area contributed by atoms with Crippen LogP contribution in [0.5, 0.6) is 0 Å². The van der Waals surface area contributed by atoms with Gasteiger partial charge < -0.3 is 11.1 Å². The van der Waals surface area contributed by atoms with Crippen LogP contribution in [0.25, 0.3) is 0 Å². The summed E-state index contributed by atoms with van der Waals surface area (Å²) in [6, 6.07) is 14.2. The second kappa shape index (κ2) is 8.54. The van der Waals surface area contributed by atoms with Crippen LogP contribution in [0.15, 0.2) is 42.5 Å². The van der Waals surface area contributed by atoms with Crippen LogP contribution in [0.3, 0.4) is 0 Å². The molecule has 5 heteroatoms. The maximum atomic E-state index is 13.1. The van der Waals surface area contributed by atoms with Crippen LogP contribution in [-0.4, -0.2) is 29.4 Å². The standard InChI is InChI=1S/C23H30ClN3O/c1-14(2)27(15(3)4)12-11-19-17-7-5-6-8-18(17)22(26-23(19)28)20-13-16(25)9-10-21(20)24/h5-10,13-15,19,22H,11-12,25H2,1-4H3,(H,26,28). The average molecular weight is 400 g/mol. The van der Waals surface area contributed by atoms with Crippen LogP contribution < -0.4 is 11.1 Å². The van der Waals surface area contributed by atoms with Gasteiger partial charge in [0.1, 0.15) is 0 Å². The minimum atomic E-state index is -0.276. The molecule has 0 bridgehead atoms. The van der Waals surface area contributed by atoms with E-state index >= 15 is 0 Å². The Balaban J connectivity index is 1.93. The molecule has 0 aromatic heterocycles. The Morgan fingerprint density at radius 2 is 1.68 bits per heavy atom. The van der Waals surface area contributed by atoms with Crippen LogP contribution in [0, 0.1) is 0 Å². The van der Waals surface area contributed by atoms with Gasteiger partial charge in [-0.25, -0.2) is 0 Å². The monoisotopic (exact) mass is 399 g/mol. The Morgan fingerprint density at radius 1 is 1.04 bits per heavy atom. The number of carbonyl (C=O) groups excluding carboxylic acids is 1. The third-order valence-corrected chi connectivity index (χ3v) is 5.96. The van der Waals surface area contributed by atoms with Gasteiger partial charge in [-0.3, -0.25) is 9.69 Å². The topological polar surface area (TPSA) is 58.4 Å². The van der Waals surface area contributed by atoms with Crippen molar-refractivity contribution in [1.82, 2.24) is 10.2 Å². The van der Waals surface area contributed by atoms with Gasteiger partial charge >= 0.3 is 0 Å². The molecule has 1 amide bonds. The molecule has 0 saturated carbocycles. The Labute approximate surface area is 173 Å². The number of halogens is 1. The molecule has 4 nitrogen and oxygen atoms in total. The largest absolute Gasteiger partial charge is 0.399 e. The first-order chi connectivity index (χ1) is 13.3. The summed E-state index contributed by atoms with van der Waals surface area (Å²) >= 11 is 6.44. The number of nitrogens with two attached hydrogens (primary N) is 1. The molecular weight excluding hydrogens is 370 g/mol. The summed E-state index contributed by atoms with van der Waals surface area (Å²) in [4.78, 5) is 15.5. The van der Waals surface area contributed by atoms with E-state index in [0.717, 1.165) is 29.7 Å². The van der Waals surface area contributed by atoms with Crippen molar-refractivity contribution >= 4 is 23.2 Å². The highest BCUT2D eigenvalue weighted by atomic mass is 35.5. The van der Waals surface area contributed by atoms with Gasteiger partial charge in [0.25, 0.3) is 0 Å². The molecule has 0 fully saturated rings. The zero-order valence-corrected chi connectivity index (χ0v) is 17.8. The van der Waals surface area contributed by atoms with E-state index in [4.69, 9.17) is 17.3 Å². The van der Waals surface area contributed by atoms with E-state index in [1.165, 1.54) is 0 Å². The molecule has 0 spiro atoms. The third-order valence-electron chi connectivity index (χ3n) is 5.62. The maximum absolute atomic E-state index is 13.1. The van der Waals surface area contributed by atoms with Crippen molar-refractivity contribution in [3.05, 3.63) is 64.2 Å². The van der Waals surface area contributed by atoms with Gasteiger partial charge in [-0.1, -0.05) is 35.9 Å². The number of nitrogens with one attached hydrogen (secondary N) is 1. The lowest BCUT2D eigenvalue weighted by atomic mass is 9.81. The minimum absolute atomic E-state index is 0.0506. The van der Waals surface area contributed by atoms with Crippen LogP contribution in [-0.2, 0) is 4.79 Å². The highest BCUT2D eigenvalue weighted by Gasteiger charge is 2.34. The number of hydrogen-bond acceptors (Lipinski definition) is 3. The van der Waals surface area contributed by atoms with Crippen molar-refractivity contribution in [1.29, 1.82) is 0 Å². The van der Waals surface area contributed by atoms with E-state index in [1.807, 2.05) is 18.2 Å². The molecule has 2 aromatic carbocycles. The number of benzene rings is 2. The Morgan fingerprint density at radius 3 is 2.32 bits per heavy atom. The number of anilines is 1. The third kappa shape index (κ3) is 4.18. The molecule has 3 N–H and O–H groups in total. The van der Waals surface area contributed by atoms with E-state index < -0.39 is 0 Å². The first-order valence-electron chi connectivity index (χ1n) is 9.99. The summed E-state index contributed by atoms with van der Waals surface area (Å²) in [6.45, 7) is 9.68. The van der Waals surface area contributed by atoms with Crippen molar-refractivity contribution in [3.63, 3.8) is 0 Å². The highest BCUT2D eigenvalue weighted by Crippen LogP contribution is 2.39. The van der Waals surface area contributed by atoms with Gasteiger partial charge in [0.05, 0.1) is 12.0 Å². The maximum Gasteiger partial charge on any atom is 0.228 e. The molecule has 150 valence electrons. The number of amides is 1. The molecule has 0 saturated heterocycles. The molecule has 1 heterocycles. The first kappa shape index (κ1) is 20.7. The lowest BCUT2D eigenvalue weighted by molar-refractivity contribution is -0.124. The highest BCUT2D eigenvalue weighted by molar-refractivity contribution is 6.31. The Hall–Kier alpha value is -2.04. The number of fused-ring (bicyclic) bond motifs is 1. The van der Waals surface area contributed by atoms with Crippen LogP contribution in [0.2, 0.25) is 5.02 Å². The van der Waals surface area contributed by atoms with Gasteiger partial charge in [0, 0.05) is 22.8 Å². The molecule has 0 aliphatic carbocycles. The number of rotatable bonds is 6. The zero-order valence-electron chi connectivity index (χ0n) is 17.1. The van der Waals surface area contributed by atoms with Crippen LogP contribution in [0.1, 0.15) is 62.8 Å². The predicted molar refractivity (Wildman–Crippen MR) is 117 cm³/mol. The van der Waals surface area contributed by atoms with Gasteiger partial charge in [0.2, 0.25) is 5.91 Å². The fourth-order valence-electron chi connectivity index (χ4n) is 4.26. The summed E-state index contributed by atoms with van der Waals surface area (Å²) in [5, 5.41) is 3.80. The summed E-state index contributed by atoms with van der Waals surface area (Å²) in [5.41, 5.74) is 9.64. The van der Waals surface area contributed by atoms with Crippen molar-refractivity contribution in [2.75, 3.05) is 12.3 Å². The molecule has 28 heavy (non-hydrogen) atoms. The summed E-state index contributed by atoms with van der Waals surface area (Å²) in [5.74, 6) is -0.109. The number of nitrogen functional groups attached to an aromatic ring is 1. The van der Waals surface area contributed by atoms with E-state index in [-0.39, 0.29) is 17.9 Å². The van der Waals surface area contributed by atoms with Crippen LogP contribution >= 0.6 is 11.6 Å². The van der Waals surface area contributed by atoms with Crippen LogP contribution in [0.4, 0.5) is 5.69 Å². The minimum Gasteiger partial charge on any atom is -0.399 e. The average Bonchev–Trinajstić information content (AvgIpc) is 2.64. The normalized spacial score (nSPS) is 19.2.